The first-order valence-electron chi connectivity index (χ1n) is 7.76. The highest BCUT2D eigenvalue weighted by Crippen LogP contribution is 2.54. The second-order valence-electron chi connectivity index (χ2n) is 5.95. The van der Waals surface area contributed by atoms with Crippen LogP contribution in [0.4, 0.5) is 0 Å². The molecule has 1 heterocycles. The lowest BCUT2D eigenvalue weighted by atomic mass is 9.87. The molecule has 0 spiro atoms. The van der Waals surface area contributed by atoms with E-state index >= 15 is 0 Å². The van der Waals surface area contributed by atoms with Crippen molar-refractivity contribution >= 4 is 29.4 Å². The van der Waals surface area contributed by atoms with Gasteiger partial charge in [0, 0.05) is 17.1 Å². The van der Waals surface area contributed by atoms with E-state index in [0.29, 0.717) is 5.56 Å². The average molecular weight is 344 g/mol. The Morgan fingerprint density at radius 3 is 2.09 bits per heavy atom. The molecular formula is C19H21NOS2. The van der Waals surface area contributed by atoms with Gasteiger partial charge in [0.25, 0.3) is 5.91 Å². The monoisotopic (exact) mass is 343 g/mol. The van der Waals surface area contributed by atoms with Crippen LogP contribution in [0, 0.1) is 0 Å². The maximum absolute atomic E-state index is 12.8. The molecule has 4 heteroatoms. The number of benzene rings is 2. The Labute approximate surface area is 146 Å². The summed E-state index contributed by atoms with van der Waals surface area (Å²) in [6, 6.07) is 19.7. The summed E-state index contributed by atoms with van der Waals surface area (Å²) in [6.45, 7) is 4.39. The first-order chi connectivity index (χ1) is 11.1. The van der Waals surface area contributed by atoms with Gasteiger partial charge in [0.2, 0.25) is 0 Å². The normalized spacial score (nSPS) is 19.0. The molecule has 0 aliphatic carbocycles. The van der Waals surface area contributed by atoms with Crippen molar-refractivity contribution in [3.8, 4) is 0 Å². The number of thioether (sulfide) groups is 2. The number of rotatable bonds is 4. The van der Waals surface area contributed by atoms with Crippen LogP contribution in [0.3, 0.4) is 0 Å². The molecule has 2 aromatic carbocycles. The van der Waals surface area contributed by atoms with E-state index in [1.165, 1.54) is 0 Å². The molecule has 0 aromatic heterocycles. The van der Waals surface area contributed by atoms with Gasteiger partial charge in [-0.25, -0.2) is 0 Å². The standard InChI is InChI=1S/C19H21NOS2/c1-18(16-11-7-4-8-12-16,19(2)22-13-14-23-19)20-17(21)15-9-5-3-6-10-15/h3-12H,13-14H2,1-2H3,(H,20,21)/t18-/m0/s1. The van der Waals surface area contributed by atoms with Gasteiger partial charge in [-0.05, 0) is 31.5 Å². The van der Waals surface area contributed by atoms with Crippen LogP contribution in [0.2, 0.25) is 0 Å². The van der Waals surface area contributed by atoms with E-state index in [1.54, 1.807) is 0 Å². The number of carbonyl (C=O) groups is 1. The van der Waals surface area contributed by atoms with Crippen molar-refractivity contribution in [2.45, 2.75) is 23.5 Å². The van der Waals surface area contributed by atoms with Gasteiger partial charge in [0.15, 0.2) is 0 Å². The van der Waals surface area contributed by atoms with Crippen molar-refractivity contribution in [1.82, 2.24) is 5.32 Å². The maximum Gasteiger partial charge on any atom is 0.252 e. The van der Waals surface area contributed by atoms with Crippen LogP contribution in [0.1, 0.15) is 29.8 Å². The molecular weight excluding hydrogens is 322 g/mol. The molecule has 1 amide bonds. The highest BCUT2D eigenvalue weighted by molar-refractivity contribution is 8.21. The average Bonchev–Trinajstić information content (AvgIpc) is 3.05. The van der Waals surface area contributed by atoms with E-state index < -0.39 is 5.54 Å². The minimum Gasteiger partial charge on any atom is -0.341 e. The SMILES string of the molecule is CC1([C@@](C)(NC(=O)c2ccccc2)c2ccccc2)SCCS1. The Balaban J connectivity index is 1.98. The molecule has 23 heavy (non-hydrogen) atoms. The van der Waals surface area contributed by atoms with Gasteiger partial charge >= 0.3 is 0 Å². The molecule has 1 aliphatic heterocycles. The summed E-state index contributed by atoms with van der Waals surface area (Å²) >= 11 is 3.86. The second kappa shape index (κ2) is 6.62. The summed E-state index contributed by atoms with van der Waals surface area (Å²) in [6.07, 6.45) is 0. The Kier molecular flexibility index (Phi) is 4.74. The molecule has 1 fully saturated rings. The van der Waals surface area contributed by atoms with Crippen LogP contribution in [-0.2, 0) is 5.54 Å². The zero-order valence-corrected chi connectivity index (χ0v) is 15.0. The summed E-state index contributed by atoms with van der Waals surface area (Å²) in [4.78, 5) is 12.8. The largest absolute Gasteiger partial charge is 0.341 e. The van der Waals surface area contributed by atoms with Gasteiger partial charge in [-0.2, -0.15) is 0 Å². The lowest BCUT2D eigenvalue weighted by Gasteiger charge is -2.44. The third-order valence-corrected chi connectivity index (χ3v) is 8.20. The molecule has 2 nitrogen and oxygen atoms in total. The molecule has 2 aromatic rings. The van der Waals surface area contributed by atoms with Crippen molar-refractivity contribution in [2.24, 2.45) is 0 Å². The number of nitrogens with one attached hydrogen (secondary N) is 1. The van der Waals surface area contributed by atoms with Crippen molar-refractivity contribution in [1.29, 1.82) is 0 Å². The predicted octanol–water partition coefficient (Wildman–Crippen LogP) is 4.53. The summed E-state index contributed by atoms with van der Waals surface area (Å²) in [7, 11) is 0. The zero-order valence-electron chi connectivity index (χ0n) is 13.4. The Morgan fingerprint density at radius 1 is 1.00 bits per heavy atom. The number of carbonyl (C=O) groups excluding carboxylic acids is 1. The van der Waals surface area contributed by atoms with Gasteiger partial charge in [-0.1, -0.05) is 48.5 Å². The summed E-state index contributed by atoms with van der Waals surface area (Å²) in [5, 5.41) is 3.33. The molecule has 0 unspecified atom stereocenters. The fourth-order valence-electron chi connectivity index (χ4n) is 2.91. The first-order valence-corrected chi connectivity index (χ1v) is 9.73. The van der Waals surface area contributed by atoms with Gasteiger partial charge in [0.1, 0.15) is 0 Å². The van der Waals surface area contributed by atoms with Crippen LogP contribution in [0.5, 0.6) is 0 Å². The van der Waals surface area contributed by atoms with Crippen LogP contribution in [0.15, 0.2) is 60.7 Å². The van der Waals surface area contributed by atoms with Gasteiger partial charge < -0.3 is 5.32 Å². The van der Waals surface area contributed by atoms with E-state index in [4.69, 9.17) is 0 Å². The maximum atomic E-state index is 12.8. The predicted molar refractivity (Wildman–Crippen MR) is 101 cm³/mol. The van der Waals surface area contributed by atoms with Crippen LogP contribution < -0.4 is 5.32 Å². The molecule has 0 radical (unpaired) electrons. The summed E-state index contributed by atoms with van der Waals surface area (Å²) < 4.78 is -0.0845. The minimum absolute atomic E-state index is 0.0220. The Hall–Kier alpha value is -1.39. The highest BCUT2D eigenvalue weighted by atomic mass is 32.2. The Morgan fingerprint density at radius 2 is 1.52 bits per heavy atom. The van der Waals surface area contributed by atoms with Crippen molar-refractivity contribution in [3.63, 3.8) is 0 Å². The van der Waals surface area contributed by atoms with Crippen molar-refractivity contribution in [2.75, 3.05) is 11.5 Å². The quantitative estimate of drug-likeness (QED) is 0.884. The number of hydrogen-bond acceptors (Lipinski definition) is 3. The Bertz CT molecular complexity index is 668. The van der Waals surface area contributed by atoms with Gasteiger partial charge in [0.05, 0.1) is 9.62 Å². The molecule has 1 N–H and O–H groups in total. The van der Waals surface area contributed by atoms with E-state index in [-0.39, 0.29) is 9.99 Å². The van der Waals surface area contributed by atoms with Crippen LogP contribution >= 0.6 is 23.5 Å². The molecule has 1 atom stereocenters. The summed E-state index contributed by atoms with van der Waals surface area (Å²) in [5.41, 5.74) is 1.41. The third-order valence-electron chi connectivity index (χ3n) is 4.50. The number of amides is 1. The van der Waals surface area contributed by atoms with E-state index in [0.717, 1.165) is 17.1 Å². The summed E-state index contributed by atoms with van der Waals surface area (Å²) in [5.74, 6) is 2.21. The van der Waals surface area contributed by atoms with E-state index in [9.17, 15) is 4.79 Å². The molecule has 1 aliphatic rings. The molecule has 120 valence electrons. The van der Waals surface area contributed by atoms with Gasteiger partial charge in [-0.3, -0.25) is 4.79 Å². The number of hydrogen-bond donors (Lipinski definition) is 1. The smallest absolute Gasteiger partial charge is 0.252 e. The van der Waals surface area contributed by atoms with Crippen LogP contribution in [-0.4, -0.2) is 21.5 Å². The van der Waals surface area contributed by atoms with E-state index in [1.807, 2.05) is 72.1 Å². The zero-order chi connectivity index (χ0) is 16.3. The lowest BCUT2D eigenvalue weighted by molar-refractivity contribution is 0.0900. The third kappa shape index (κ3) is 3.15. The molecule has 0 saturated carbocycles. The fourth-order valence-corrected chi connectivity index (χ4v) is 6.11. The van der Waals surface area contributed by atoms with Crippen molar-refractivity contribution < 1.29 is 4.79 Å². The van der Waals surface area contributed by atoms with E-state index in [2.05, 4.69) is 31.3 Å². The topological polar surface area (TPSA) is 29.1 Å². The molecule has 3 rings (SSSR count). The molecule has 1 saturated heterocycles. The molecule has 0 bridgehead atoms. The second-order valence-corrected chi connectivity index (χ2v) is 9.24. The highest BCUT2D eigenvalue weighted by Gasteiger charge is 2.50. The lowest BCUT2D eigenvalue weighted by Crippen LogP contribution is -2.54. The first kappa shape index (κ1) is 16.5. The minimum atomic E-state index is -0.437. The van der Waals surface area contributed by atoms with Gasteiger partial charge in [-0.15, -0.1) is 23.5 Å². The van der Waals surface area contributed by atoms with Crippen LogP contribution in [0.25, 0.3) is 0 Å². The fraction of sp³-hybridized carbons (Fsp3) is 0.316. The van der Waals surface area contributed by atoms with Crippen molar-refractivity contribution in [3.05, 3.63) is 71.8 Å².